The average Bonchev–Trinajstić information content (AvgIpc) is 3.32. The van der Waals surface area contributed by atoms with Crippen molar-refractivity contribution in [3.63, 3.8) is 0 Å². The molecule has 0 aromatic heterocycles. The molecule has 2 aromatic carbocycles. The summed E-state index contributed by atoms with van der Waals surface area (Å²) < 4.78 is 0. The molecule has 0 fully saturated rings. The van der Waals surface area contributed by atoms with Gasteiger partial charge in [0.2, 0.25) is 0 Å². The minimum absolute atomic E-state index is 0.423. The van der Waals surface area contributed by atoms with E-state index in [1.807, 2.05) is 0 Å². The van der Waals surface area contributed by atoms with Crippen LogP contribution in [0.15, 0.2) is 48.5 Å². The number of rotatable bonds is 47. The summed E-state index contributed by atoms with van der Waals surface area (Å²) in [6.07, 6.45) is 41.7. The lowest BCUT2D eigenvalue weighted by molar-refractivity contribution is 0.144. The first-order valence-electron chi connectivity index (χ1n) is 28.7. The Morgan fingerprint density at radius 1 is 0.273 bits per heavy atom. The highest BCUT2D eigenvalue weighted by molar-refractivity contribution is 5.68. The summed E-state index contributed by atoms with van der Waals surface area (Å²) in [5.41, 5.74) is 4.34. The average molecular weight is 922 g/mol. The van der Waals surface area contributed by atoms with Crippen LogP contribution in [0.25, 0.3) is 11.1 Å². The van der Waals surface area contributed by atoms with Gasteiger partial charge in [-0.25, -0.2) is 0 Å². The first kappa shape index (κ1) is 60.0. The van der Waals surface area contributed by atoms with Crippen LogP contribution < -0.4 is 9.80 Å². The number of hydrogen-bond donors (Lipinski definition) is 4. The Morgan fingerprint density at radius 3 is 0.652 bits per heavy atom. The van der Waals surface area contributed by atoms with Gasteiger partial charge in [0.05, 0.1) is 24.4 Å². The molecule has 0 amide bonds. The van der Waals surface area contributed by atoms with E-state index in [-0.39, 0.29) is 0 Å². The third-order valence-corrected chi connectivity index (χ3v) is 14.1. The zero-order valence-corrected chi connectivity index (χ0v) is 43.9. The maximum Gasteiger partial charge on any atom is 0.0715 e. The number of benzene rings is 2. The summed E-state index contributed by atoms with van der Waals surface area (Å²) in [6.45, 7) is 11.2. The summed E-state index contributed by atoms with van der Waals surface area (Å²) in [6, 6.07) is 17.3. The Kier molecular flexibility index (Phi) is 38.0. The topological polar surface area (TPSA) is 87.4 Å². The van der Waals surface area contributed by atoms with Gasteiger partial charge < -0.3 is 30.2 Å². The second-order valence-corrected chi connectivity index (χ2v) is 20.6. The molecule has 0 saturated carbocycles. The summed E-state index contributed by atoms with van der Waals surface area (Å²) in [5, 5.41) is 45.0. The fraction of sp³-hybridized carbons (Fsp3) is 0.800. The zero-order chi connectivity index (χ0) is 47.7. The number of hydrogen-bond acceptors (Lipinski definition) is 6. The van der Waals surface area contributed by atoms with Gasteiger partial charge in [0.15, 0.2) is 0 Å². The van der Waals surface area contributed by atoms with Crippen LogP contribution >= 0.6 is 0 Å². The molecule has 0 saturated heterocycles. The Bertz CT molecular complexity index is 1160. The van der Waals surface area contributed by atoms with Gasteiger partial charge in [-0.3, -0.25) is 0 Å². The molecule has 4 unspecified atom stereocenters. The molecule has 0 aliphatic rings. The Hall–Kier alpha value is -2.12. The van der Waals surface area contributed by atoms with E-state index in [2.05, 4.69) is 86.0 Å². The van der Waals surface area contributed by atoms with E-state index < -0.39 is 24.4 Å². The van der Waals surface area contributed by atoms with Gasteiger partial charge >= 0.3 is 0 Å². The maximum absolute atomic E-state index is 11.2. The van der Waals surface area contributed by atoms with Crippen molar-refractivity contribution in [1.29, 1.82) is 0 Å². The third kappa shape index (κ3) is 31.1. The zero-order valence-electron chi connectivity index (χ0n) is 43.9. The molecule has 66 heavy (non-hydrogen) atoms. The van der Waals surface area contributed by atoms with Crippen LogP contribution in [0.4, 0.5) is 11.4 Å². The van der Waals surface area contributed by atoms with Crippen molar-refractivity contribution in [2.24, 2.45) is 0 Å². The molecule has 0 aliphatic carbocycles. The van der Waals surface area contributed by atoms with Crippen LogP contribution in [0.2, 0.25) is 0 Å². The van der Waals surface area contributed by atoms with Crippen LogP contribution in [0, 0.1) is 0 Å². The highest BCUT2D eigenvalue weighted by Crippen LogP contribution is 2.28. The second kappa shape index (κ2) is 41.8. The Morgan fingerprint density at radius 2 is 0.455 bits per heavy atom. The number of unbranched alkanes of at least 4 members (excludes halogenated alkanes) is 28. The van der Waals surface area contributed by atoms with E-state index in [4.69, 9.17) is 0 Å². The number of nitrogens with zero attached hydrogens (tertiary/aromatic N) is 2. The van der Waals surface area contributed by atoms with Crippen LogP contribution in [-0.4, -0.2) is 71.0 Å². The van der Waals surface area contributed by atoms with Gasteiger partial charge in [0, 0.05) is 37.6 Å². The third-order valence-electron chi connectivity index (χ3n) is 14.1. The van der Waals surface area contributed by atoms with Crippen molar-refractivity contribution in [1.82, 2.24) is 0 Å². The van der Waals surface area contributed by atoms with Gasteiger partial charge in [0.25, 0.3) is 0 Å². The van der Waals surface area contributed by atoms with Crippen LogP contribution in [0.5, 0.6) is 0 Å². The lowest BCUT2D eigenvalue weighted by Gasteiger charge is -2.30. The molecule has 0 radical (unpaired) electrons. The van der Waals surface area contributed by atoms with Crippen molar-refractivity contribution in [2.45, 2.75) is 283 Å². The molecule has 382 valence electrons. The first-order valence-corrected chi connectivity index (χ1v) is 28.7. The van der Waals surface area contributed by atoms with Gasteiger partial charge in [0.1, 0.15) is 0 Å². The Balaban J connectivity index is 2.09. The van der Waals surface area contributed by atoms with E-state index in [1.165, 1.54) is 180 Å². The molecule has 6 nitrogen and oxygen atoms in total. The second-order valence-electron chi connectivity index (χ2n) is 20.6. The predicted octanol–water partition coefficient (Wildman–Crippen LogP) is 16.5. The van der Waals surface area contributed by atoms with Gasteiger partial charge in [-0.15, -0.1) is 0 Å². The van der Waals surface area contributed by atoms with E-state index in [1.54, 1.807) is 0 Å². The Labute approximate surface area is 409 Å². The van der Waals surface area contributed by atoms with Crippen molar-refractivity contribution in [2.75, 3.05) is 36.0 Å². The van der Waals surface area contributed by atoms with Gasteiger partial charge in [-0.1, -0.05) is 257 Å². The molecule has 0 bridgehead atoms. The largest absolute Gasteiger partial charge is 0.391 e. The molecule has 6 heteroatoms. The molecule has 2 rings (SSSR count). The molecule has 0 spiro atoms. The normalized spacial score (nSPS) is 13.5. The van der Waals surface area contributed by atoms with Crippen molar-refractivity contribution in [3.05, 3.63) is 48.5 Å². The predicted molar refractivity (Wildman–Crippen MR) is 289 cm³/mol. The summed E-state index contributed by atoms with van der Waals surface area (Å²) in [4.78, 5) is 4.43. The summed E-state index contributed by atoms with van der Waals surface area (Å²) in [7, 11) is 0. The quantitative estimate of drug-likeness (QED) is 0.0495. The highest BCUT2D eigenvalue weighted by atomic mass is 16.3. The highest BCUT2D eigenvalue weighted by Gasteiger charge is 2.19. The molecule has 0 heterocycles. The lowest BCUT2D eigenvalue weighted by atomic mass is 10.0. The molecule has 2 aromatic rings. The summed E-state index contributed by atoms with van der Waals surface area (Å²) >= 11 is 0. The van der Waals surface area contributed by atoms with Crippen molar-refractivity contribution < 1.29 is 20.4 Å². The molecular weight excluding hydrogens is 813 g/mol. The van der Waals surface area contributed by atoms with Crippen LogP contribution in [-0.2, 0) is 0 Å². The number of aliphatic hydroxyl groups is 4. The van der Waals surface area contributed by atoms with Gasteiger partial charge in [-0.2, -0.15) is 0 Å². The molecule has 4 N–H and O–H groups in total. The number of aliphatic hydroxyl groups excluding tert-OH is 4. The SMILES string of the molecule is CCCCCCCCCCC(O)CN(CC(O)CCCCCCCCCC)c1ccc(-c2ccc(N(CC(O)CCCCCCCCCC)CC(O)CCCCCCCCCC)cc2)cc1. The van der Waals surface area contributed by atoms with Gasteiger partial charge in [-0.05, 0) is 61.1 Å². The van der Waals surface area contributed by atoms with Crippen LogP contribution in [0.1, 0.15) is 259 Å². The number of anilines is 2. The van der Waals surface area contributed by atoms with Crippen molar-refractivity contribution in [3.8, 4) is 11.1 Å². The van der Waals surface area contributed by atoms with Crippen molar-refractivity contribution >= 4 is 11.4 Å². The fourth-order valence-electron chi connectivity index (χ4n) is 9.74. The smallest absolute Gasteiger partial charge is 0.0715 e. The minimum Gasteiger partial charge on any atom is -0.391 e. The monoisotopic (exact) mass is 921 g/mol. The first-order chi connectivity index (χ1) is 32.3. The fourth-order valence-corrected chi connectivity index (χ4v) is 9.74. The van der Waals surface area contributed by atoms with Crippen LogP contribution in [0.3, 0.4) is 0 Å². The van der Waals surface area contributed by atoms with E-state index in [0.717, 1.165) is 73.9 Å². The van der Waals surface area contributed by atoms with E-state index in [0.29, 0.717) is 26.2 Å². The molecule has 0 aliphatic heterocycles. The van der Waals surface area contributed by atoms with E-state index >= 15 is 0 Å². The standard InChI is InChI=1S/C60H108N2O4/c1-5-9-13-17-21-25-29-33-37-57(63)49-61(50-58(64)38-34-30-26-22-18-14-10-6-2)55-45-41-53(42-46-55)54-43-47-56(48-44-54)62(51-59(65)39-35-31-27-23-19-15-11-7-3)52-60(66)40-36-32-28-24-20-16-12-8-4/h41-48,57-60,63-66H,5-40,49-52H2,1-4H3. The maximum atomic E-state index is 11.2. The summed E-state index contributed by atoms with van der Waals surface area (Å²) in [5.74, 6) is 0. The minimum atomic E-state index is -0.423. The molecular formula is C60H108N2O4. The lowest BCUT2D eigenvalue weighted by Crippen LogP contribution is -2.38. The molecule has 4 atom stereocenters. The van der Waals surface area contributed by atoms with E-state index in [9.17, 15) is 20.4 Å².